The van der Waals surface area contributed by atoms with Crippen LogP contribution in [0.25, 0.3) is 0 Å². The first kappa shape index (κ1) is 19.1. The van der Waals surface area contributed by atoms with E-state index in [2.05, 4.69) is 16.5 Å². The van der Waals surface area contributed by atoms with Gasteiger partial charge < -0.3 is 14.4 Å². The molecular weight excluding hydrogens is 364 g/mol. The second kappa shape index (κ2) is 7.77. The summed E-state index contributed by atoms with van der Waals surface area (Å²) in [5.41, 5.74) is 2.62. The van der Waals surface area contributed by atoms with Crippen LogP contribution in [0.4, 0.5) is 0 Å². The van der Waals surface area contributed by atoms with Gasteiger partial charge in [-0.1, -0.05) is 19.3 Å². The van der Waals surface area contributed by atoms with Crippen LogP contribution >= 0.6 is 0 Å². The number of carbonyl (C=O) groups excluding carboxylic acids is 2. The fourth-order valence-electron chi connectivity index (χ4n) is 5.96. The van der Waals surface area contributed by atoms with Gasteiger partial charge in [0.05, 0.1) is 17.7 Å². The third-order valence-corrected chi connectivity index (χ3v) is 7.74. The Morgan fingerprint density at radius 1 is 0.862 bits per heavy atom. The number of hydrogen-bond donors (Lipinski definition) is 0. The number of fused-ring (bicyclic) bond motifs is 1. The van der Waals surface area contributed by atoms with Gasteiger partial charge in [-0.3, -0.25) is 9.59 Å². The molecule has 4 aliphatic rings. The zero-order chi connectivity index (χ0) is 20.0. The molecule has 1 atom stereocenters. The Balaban J connectivity index is 1.24. The fraction of sp³-hybridized carbons (Fsp3) is 0.783. The molecule has 2 amide bonds. The molecule has 1 saturated carbocycles. The molecule has 2 saturated heterocycles. The van der Waals surface area contributed by atoms with Crippen molar-refractivity contribution in [1.82, 2.24) is 19.4 Å². The molecule has 0 spiro atoms. The monoisotopic (exact) mass is 398 g/mol. The van der Waals surface area contributed by atoms with Crippen molar-refractivity contribution >= 4 is 11.8 Å². The molecule has 158 valence electrons. The van der Waals surface area contributed by atoms with Gasteiger partial charge in [-0.05, 0) is 51.4 Å². The van der Waals surface area contributed by atoms with Gasteiger partial charge in [0.25, 0.3) is 0 Å². The summed E-state index contributed by atoms with van der Waals surface area (Å²) in [5.74, 6) is 1.80. The van der Waals surface area contributed by atoms with Gasteiger partial charge in [0.2, 0.25) is 11.8 Å². The second-order valence-electron chi connectivity index (χ2n) is 9.59. The van der Waals surface area contributed by atoms with Crippen molar-refractivity contribution in [1.29, 1.82) is 0 Å². The van der Waals surface area contributed by atoms with E-state index in [0.29, 0.717) is 19.0 Å². The molecule has 1 aromatic heterocycles. The first-order chi connectivity index (χ1) is 14.1. The van der Waals surface area contributed by atoms with Crippen LogP contribution in [-0.4, -0.2) is 50.8 Å². The van der Waals surface area contributed by atoms with Gasteiger partial charge in [0.1, 0.15) is 5.82 Å². The zero-order valence-electron chi connectivity index (χ0n) is 17.7. The van der Waals surface area contributed by atoms with Crippen molar-refractivity contribution in [3.63, 3.8) is 0 Å². The number of hydrogen-bond acceptors (Lipinski definition) is 3. The highest BCUT2D eigenvalue weighted by molar-refractivity contribution is 5.86. The second-order valence-corrected chi connectivity index (χ2v) is 9.59. The largest absolute Gasteiger partial charge is 0.341 e. The lowest BCUT2D eigenvalue weighted by molar-refractivity contribution is -0.152. The first-order valence-electron chi connectivity index (χ1n) is 11.8. The standard InChI is InChI=1S/C23H34N4O2/c1-25-19-11-6-5-10-18(19)24-21(25)20-12-7-13-27(20)23(29)17-14-26(15-17)22(28)16-8-3-2-4-9-16/h16-17,20H,2-15H2,1H3. The number of carbonyl (C=O) groups is 2. The quantitative estimate of drug-likeness (QED) is 0.786. The summed E-state index contributed by atoms with van der Waals surface area (Å²) in [6.07, 6.45) is 12.4. The molecule has 2 aliphatic carbocycles. The minimum absolute atomic E-state index is 0.0157. The lowest BCUT2D eigenvalue weighted by Crippen LogP contribution is -2.57. The number of nitrogens with zero attached hydrogens (tertiary/aromatic N) is 4. The van der Waals surface area contributed by atoms with Gasteiger partial charge in [0, 0.05) is 38.3 Å². The van der Waals surface area contributed by atoms with Crippen LogP contribution in [0.2, 0.25) is 0 Å². The minimum Gasteiger partial charge on any atom is -0.341 e. The molecule has 0 N–H and O–H groups in total. The fourth-order valence-corrected chi connectivity index (χ4v) is 5.96. The van der Waals surface area contributed by atoms with Crippen LogP contribution in [0.1, 0.15) is 81.0 Å². The van der Waals surface area contributed by atoms with Gasteiger partial charge in [-0.25, -0.2) is 4.98 Å². The lowest BCUT2D eigenvalue weighted by atomic mass is 9.86. The summed E-state index contributed by atoms with van der Waals surface area (Å²) < 4.78 is 2.27. The normalized spacial score (nSPS) is 25.8. The molecule has 0 bridgehead atoms. The molecule has 1 aromatic rings. The lowest BCUT2D eigenvalue weighted by Gasteiger charge is -2.42. The van der Waals surface area contributed by atoms with Crippen LogP contribution in [0, 0.1) is 11.8 Å². The number of aromatic nitrogens is 2. The smallest absolute Gasteiger partial charge is 0.229 e. The predicted octanol–water partition coefficient (Wildman–Crippen LogP) is 3.00. The predicted molar refractivity (Wildman–Crippen MR) is 110 cm³/mol. The number of imidazole rings is 1. The van der Waals surface area contributed by atoms with Crippen molar-refractivity contribution in [3.05, 3.63) is 17.2 Å². The summed E-state index contributed by atoms with van der Waals surface area (Å²) in [7, 11) is 2.13. The molecule has 2 aliphatic heterocycles. The summed E-state index contributed by atoms with van der Waals surface area (Å²) in [6.45, 7) is 2.07. The van der Waals surface area contributed by atoms with Crippen LogP contribution in [-0.2, 0) is 29.5 Å². The zero-order valence-corrected chi connectivity index (χ0v) is 17.7. The number of likely N-dealkylation sites (tertiary alicyclic amines) is 2. The Kier molecular flexibility index (Phi) is 5.12. The Bertz CT molecular complexity index is 789. The molecule has 6 nitrogen and oxygen atoms in total. The van der Waals surface area contributed by atoms with E-state index in [9.17, 15) is 9.59 Å². The third-order valence-electron chi connectivity index (χ3n) is 7.74. The molecule has 29 heavy (non-hydrogen) atoms. The van der Waals surface area contributed by atoms with Gasteiger partial charge in [-0.2, -0.15) is 0 Å². The highest BCUT2D eigenvalue weighted by Gasteiger charge is 2.43. The molecule has 0 radical (unpaired) electrons. The number of rotatable bonds is 3. The molecular formula is C23H34N4O2. The minimum atomic E-state index is -0.0157. The third kappa shape index (κ3) is 3.38. The molecule has 1 unspecified atom stereocenters. The highest BCUT2D eigenvalue weighted by Crippen LogP contribution is 2.36. The van der Waals surface area contributed by atoms with Crippen molar-refractivity contribution in [2.24, 2.45) is 18.9 Å². The van der Waals surface area contributed by atoms with Gasteiger partial charge in [0.15, 0.2) is 0 Å². The van der Waals surface area contributed by atoms with E-state index in [0.717, 1.165) is 50.9 Å². The average molecular weight is 399 g/mol. The topological polar surface area (TPSA) is 58.4 Å². The maximum atomic E-state index is 13.3. The number of amides is 2. The summed E-state index contributed by atoms with van der Waals surface area (Å²) in [6, 6.07) is 0.112. The van der Waals surface area contributed by atoms with E-state index in [1.807, 2.05) is 4.90 Å². The van der Waals surface area contributed by atoms with Gasteiger partial charge in [-0.15, -0.1) is 0 Å². The summed E-state index contributed by atoms with van der Waals surface area (Å²) in [4.78, 5) is 34.9. The van der Waals surface area contributed by atoms with E-state index in [-0.39, 0.29) is 23.8 Å². The van der Waals surface area contributed by atoms with E-state index < -0.39 is 0 Å². The molecule has 5 rings (SSSR count). The maximum Gasteiger partial charge on any atom is 0.229 e. The SMILES string of the molecule is Cn1c(C2CCCN2C(=O)C2CN(C(=O)C3CCCCC3)C2)nc2c1CCCC2. The summed E-state index contributed by atoms with van der Waals surface area (Å²) in [5, 5.41) is 0. The molecule has 3 fully saturated rings. The van der Waals surface area contributed by atoms with Crippen LogP contribution < -0.4 is 0 Å². The van der Waals surface area contributed by atoms with E-state index in [1.165, 1.54) is 43.5 Å². The molecule has 6 heteroatoms. The van der Waals surface area contributed by atoms with Crippen molar-refractivity contribution in [3.8, 4) is 0 Å². The van der Waals surface area contributed by atoms with Crippen molar-refractivity contribution in [2.45, 2.75) is 76.7 Å². The molecule has 0 aromatic carbocycles. The number of aryl methyl sites for hydroxylation is 1. The van der Waals surface area contributed by atoms with E-state index in [4.69, 9.17) is 4.98 Å². The average Bonchev–Trinajstić information content (AvgIpc) is 3.32. The van der Waals surface area contributed by atoms with Crippen LogP contribution in [0.3, 0.4) is 0 Å². The Labute approximate surface area is 173 Å². The maximum absolute atomic E-state index is 13.3. The van der Waals surface area contributed by atoms with Crippen LogP contribution in [0.5, 0.6) is 0 Å². The van der Waals surface area contributed by atoms with Crippen LogP contribution in [0.15, 0.2) is 0 Å². The van der Waals surface area contributed by atoms with Crippen molar-refractivity contribution in [2.75, 3.05) is 19.6 Å². The highest BCUT2D eigenvalue weighted by atomic mass is 16.2. The van der Waals surface area contributed by atoms with E-state index in [1.54, 1.807) is 0 Å². The van der Waals surface area contributed by atoms with E-state index >= 15 is 0 Å². The Morgan fingerprint density at radius 3 is 2.38 bits per heavy atom. The summed E-state index contributed by atoms with van der Waals surface area (Å²) >= 11 is 0. The Hall–Kier alpha value is -1.85. The molecule has 3 heterocycles. The Morgan fingerprint density at radius 2 is 1.62 bits per heavy atom. The van der Waals surface area contributed by atoms with Crippen molar-refractivity contribution < 1.29 is 9.59 Å². The van der Waals surface area contributed by atoms with Gasteiger partial charge >= 0.3 is 0 Å². The first-order valence-corrected chi connectivity index (χ1v) is 11.8.